The normalized spacial score (nSPS) is 11.6. The number of likely N-dealkylation sites (N-methyl/N-ethyl adjacent to an activating group) is 1. The Morgan fingerprint density at radius 3 is 2.11 bits per heavy atom. The Kier molecular flexibility index (Phi) is 7.92. The van der Waals surface area contributed by atoms with Gasteiger partial charge in [-0.05, 0) is 55.3 Å². The van der Waals surface area contributed by atoms with E-state index in [0.717, 1.165) is 0 Å². The topological polar surface area (TPSA) is 58.6 Å². The minimum atomic E-state index is -0.686. The van der Waals surface area contributed by atoms with Crippen LogP contribution in [0.1, 0.15) is 25.8 Å². The first-order valence-corrected chi connectivity index (χ1v) is 9.14. The highest BCUT2D eigenvalue weighted by Gasteiger charge is 2.28. The Bertz CT molecular complexity index is 779. The number of nitrogens with zero attached hydrogens (tertiary/aromatic N) is 1. The van der Waals surface area contributed by atoms with E-state index in [1.165, 1.54) is 41.3 Å². The summed E-state index contributed by atoms with van der Waals surface area (Å²) in [7, 11) is 0. The third kappa shape index (κ3) is 6.04. The second kappa shape index (κ2) is 10.4. The minimum absolute atomic E-state index is 0.140. The van der Waals surface area contributed by atoms with Gasteiger partial charge in [0, 0.05) is 13.1 Å². The maximum Gasteiger partial charge on any atom is 0.261 e. The number of carbonyl (C=O) groups is 2. The van der Waals surface area contributed by atoms with Crippen LogP contribution in [0.3, 0.4) is 0 Å². The number of hydrogen-bond acceptors (Lipinski definition) is 3. The maximum absolute atomic E-state index is 13.2. The number of benzene rings is 2. The molecule has 2 aromatic rings. The van der Waals surface area contributed by atoms with E-state index < -0.39 is 17.8 Å². The van der Waals surface area contributed by atoms with Gasteiger partial charge in [-0.15, -0.1) is 0 Å². The van der Waals surface area contributed by atoms with Crippen LogP contribution in [-0.4, -0.2) is 35.9 Å². The van der Waals surface area contributed by atoms with Crippen LogP contribution in [0.5, 0.6) is 5.75 Å². The lowest BCUT2D eigenvalue weighted by atomic mass is 10.1. The van der Waals surface area contributed by atoms with Gasteiger partial charge in [0.25, 0.3) is 5.91 Å². The first kappa shape index (κ1) is 21.3. The monoisotopic (exact) mass is 390 g/mol. The summed E-state index contributed by atoms with van der Waals surface area (Å²) in [6, 6.07) is 10.4. The molecule has 1 N–H and O–H groups in total. The predicted molar refractivity (Wildman–Crippen MR) is 102 cm³/mol. The second-order valence-corrected chi connectivity index (χ2v) is 6.21. The fourth-order valence-electron chi connectivity index (χ4n) is 2.76. The van der Waals surface area contributed by atoms with E-state index in [4.69, 9.17) is 4.74 Å². The quantitative estimate of drug-likeness (QED) is 0.715. The molecule has 0 fully saturated rings. The van der Waals surface area contributed by atoms with Gasteiger partial charge < -0.3 is 15.0 Å². The van der Waals surface area contributed by atoms with Crippen LogP contribution in [0.15, 0.2) is 48.5 Å². The fourth-order valence-corrected chi connectivity index (χ4v) is 2.76. The molecule has 0 radical (unpaired) electrons. The van der Waals surface area contributed by atoms with E-state index >= 15 is 0 Å². The molecule has 2 amide bonds. The van der Waals surface area contributed by atoms with Crippen molar-refractivity contribution in [1.29, 1.82) is 0 Å². The molecule has 5 nitrogen and oxygen atoms in total. The molecule has 0 bridgehead atoms. The van der Waals surface area contributed by atoms with Crippen LogP contribution in [-0.2, 0) is 16.1 Å². The Morgan fingerprint density at radius 1 is 1.00 bits per heavy atom. The van der Waals surface area contributed by atoms with Gasteiger partial charge in [-0.3, -0.25) is 9.59 Å². The van der Waals surface area contributed by atoms with Gasteiger partial charge in [0.05, 0.1) is 0 Å². The summed E-state index contributed by atoms with van der Waals surface area (Å²) in [4.78, 5) is 26.7. The van der Waals surface area contributed by atoms with E-state index in [0.29, 0.717) is 24.3 Å². The number of halogens is 2. The number of hydrogen-bond donors (Lipinski definition) is 1. The summed E-state index contributed by atoms with van der Waals surface area (Å²) in [6.07, 6.45) is 0.412. The van der Waals surface area contributed by atoms with E-state index in [-0.39, 0.29) is 24.9 Å². The molecule has 0 aliphatic rings. The Balaban J connectivity index is 2.16. The number of nitrogens with one attached hydrogen (secondary N) is 1. The van der Waals surface area contributed by atoms with Crippen molar-refractivity contribution in [2.24, 2.45) is 0 Å². The molecule has 7 heteroatoms. The van der Waals surface area contributed by atoms with Crippen molar-refractivity contribution in [3.63, 3.8) is 0 Å². The van der Waals surface area contributed by atoms with Crippen molar-refractivity contribution in [1.82, 2.24) is 10.2 Å². The molecule has 2 rings (SSSR count). The van der Waals surface area contributed by atoms with Crippen molar-refractivity contribution in [2.75, 3.05) is 13.2 Å². The molecule has 1 atom stereocenters. The molecule has 0 heterocycles. The molecule has 1 unspecified atom stereocenters. The van der Waals surface area contributed by atoms with E-state index in [1.807, 2.05) is 6.92 Å². The van der Waals surface area contributed by atoms with Crippen LogP contribution >= 0.6 is 0 Å². The molecule has 2 aromatic carbocycles. The highest BCUT2D eigenvalue weighted by atomic mass is 19.1. The molecule has 0 aliphatic carbocycles. The van der Waals surface area contributed by atoms with Crippen molar-refractivity contribution in [3.05, 3.63) is 65.7 Å². The van der Waals surface area contributed by atoms with Gasteiger partial charge in [-0.2, -0.15) is 0 Å². The predicted octanol–water partition coefficient (Wildman–Crippen LogP) is 3.29. The van der Waals surface area contributed by atoms with Crippen LogP contribution in [0.25, 0.3) is 0 Å². The minimum Gasteiger partial charge on any atom is -0.484 e. The van der Waals surface area contributed by atoms with Gasteiger partial charge in [0.2, 0.25) is 5.91 Å². The van der Waals surface area contributed by atoms with Gasteiger partial charge in [-0.1, -0.05) is 19.1 Å². The third-order valence-electron chi connectivity index (χ3n) is 4.18. The first-order valence-electron chi connectivity index (χ1n) is 9.14. The second-order valence-electron chi connectivity index (χ2n) is 6.21. The zero-order valence-corrected chi connectivity index (χ0v) is 16.0. The lowest BCUT2D eigenvalue weighted by molar-refractivity contribution is -0.142. The lowest BCUT2D eigenvalue weighted by Crippen LogP contribution is -2.50. The smallest absolute Gasteiger partial charge is 0.261 e. The largest absolute Gasteiger partial charge is 0.484 e. The SMILES string of the molecule is CCNC(=O)C(CC)N(Cc1ccc(F)cc1)C(=O)COc1ccc(F)cc1. The van der Waals surface area contributed by atoms with E-state index in [1.54, 1.807) is 19.1 Å². The van der Waals surface area contributed by atoms with Gasteiger partial charge >= 0.3 is 0 Å². The van der Waals surface area contributed by atoms with Gasteiger partial charge in [-0.25, -0.2) is 8.78 Å². The van der Waals surface area contributed by atoms with Crippen molar-refractivity contribution in [2.45, 2.75) is 32.9 Å². The van der Waals surface area contributed by atoms with Gasteiger partial charge in [0.15, 0.2) is 6.61 Å². The zero-order valence-electron chi connectivity index (χ0n) is 16.0. The van der Waals surface area contributed by atoms with Crippen LogP contribution in [0.4, 0.5) is 8.78 Å². The first-order chi connectivity index (χ1) is 13.4. The molecule has 0 saturated heterocycles. The van der Waals surface area contributed by atoms with Crippen LogP contribution in [0, 0.1) is 11.6 Å². The summed E-state index contributed by atoms with van der Waals surface area (Å²) >= 11 is 0. The highest BCUT2D eigenvalue weighted by Crippen LogP contribution is 2.15. The number of rotatable bonds is 9. The summed E-state index contributed by atoms with van der Waals surface area (Å²) in [5, 5.41) is 2.73. The molecule has 0 aliphatic heterocycles. The zero-order chi connectivity index (χ0) is 20.5. The number of amides is 2. The molecular weight excluding hydrogens is 366 g/mol. The molecule has 28 heavy (non-hydrogen) atoms. The van der Waals surface area contributed by atoms with Crippen LogP contribution < -0.4 is 10.1 Å². The lowest BCUT2D eigenvalue weighted by Gasteiger charge is -2.30. The van der Waals surface area contributed by atoms with E-state index in [2.05, 4.69) is 5.32 Å². The molecule has 0 saturated carbocycles. The van der Waals surface area contributed by atoms with Crippen molar-refractivity contribution in [3.8, 4) is 5.75 Å². The summed E-state index contributed by atoms with van der Waals surface area (Å²) < 4.78 is 31.6. The van der Waals surface area contributed by atoms with Crippen molar-refractivity contribution >= 4 is 11.8 Å². The Morgan fingerprint density at radius 2 is 1.57 bits per heavy atom. The molecule has 0 spiro atoms. The molecule has 150 valence electrons. The number of ether oxygens (including phenoxy) is 1. The maximum atomic E-state index is 13.2. The highest BCUT2D eigenvalue weighted by molar-refractivity contribution is 5.88. The number of carbonyl (C=O) groups excluding carboxylic acids is 2. The van der Waals surface area contributed by atoms with E-state index in [9.17, 15) is 18.4 Å². The van der Waals surface area contributed by atoms with Gasteiger partial charge in [0.1, 0.15) is 23.4 Å². The Labute approximate surface area is 163 Å². The van der Waals surface area contributed by atoms with Crippen LogP contribution in [0.2, 0.25) is 0 Å². The average molecular weight is 390 g/mol. The fraction of sp³-hybridized carbons (Fsp3) is 0.333. The molecular formula is C21H24F2N2O3. The average Bonchev–Trinajstić information content (AvgIpc) is 2.69. The summed E-state index contributed by atoms with van der Waals surface area (Å²) in [5.41, 5.74) is 0.694. The molecule has 0 aromatic heterocycles. The Hall–Kier alpha value is -2.96. The van der Waals surface area contributed by atoms with Crippen molar-refractivity contribution < 1.29 is 23.1 Å². The third-order valence-corrected chi connectivity index (χ3v) is 4.18. The standard InChI is InChI=1S/C21H24F2N2O3/c1-3-19(21(27)24-4-2)25(13-15-5-7-16(22)8-6-15)20(26)14-28-18-11-9-17(23)10-12-18/h5-12,19H,3-4,13-14H2,1-2H3,(H,24,27). The summed E-state index contributed by atoms with van der Waals surface area (Å²) in [5.74, 6) is -1.09. The summed E-state index contributed by atoms with van der Waals surface area (Å²) in [6.45, 7) is 3.89.